The van der Waals surface area contributed by atoms with E-state index in [1.54, 1.807) is 17.4 Å². The molecule has 8 heteroatoms. The number of carbonyl (C=O) groups is 2. The molecule has 1 atom stereocenters. The summed E-state index contributed by atoms with van der Waals surface area (Å²) < 4.78 is 6.08. The van der Waals surface area contributed by atoms with Crippen molar-refractivity contribution in [2.24, 2.45) is 0 Å². The molecule has 178 valence electrons. The molecule has 1 saturated carbocycles. The van der Waals surface area contributed by atoms with E-state index in [-0.39, 0.29) is 0 Å². The highest BCUT2D eigenvalue weighted by atomic mass is 35.5. The molecule has 2 N–H and O–H groups in total. The molecule has 2 aromatic heterocycles. The van der Waals surface area contributed by atoms with Gasteiger partial charge in [-0.15, -0.1) is 11.3 Å². The first kappa shape index (κ1) is 23.6. The summed E-state index contributed by atoms with van der Waals surface area (Å²) in [6.07, 6.45) is 0.235. The van der Waals surface area contributed by atoms with Crippen molar-refractivity contribution in [1.82, 2.24) is 0 Å². The van der Waals surface area contributed by atoms with E-state index in [1.807, 2.05) is 72.3 Å². The zero-order valence-corrected chi connectivity index (χ0v) is 21.2. The lowest BCUT2D eigenvalue weighted by Crippen LogP contribution is -2.19. The van der Waals surface area contributed by atoms with E-state index in [2.05, 4.69) is 5.32 Å². The van der Waals surface area contributed by atoms with Crippen molar-refractivity contribution < 1.29 is 19.4 Å². The topological polar surface area (TPSA) is 75.6 Å². The number of aliphatic carboxylic acids is 1. The number of ether oxygens (including phenoxy) is 1. The molecule has 1 unspecified atom stereocenters. The number of amides is 1. The second-order valence-corrected chi connectivity index (χ2v) is 11.0. The molecule has 2 heterocycles. The minimum absolute atomic E-state index is 0.396. The van der Waals surface area contributed by atoms with Gasteiger partial charge in [0.05, 0.1) is 20.3 Å². The van der Waals surface area contributed by atoms with Gasteiger partial charge in [-0.1, -0.05) is 54.1 Å². The third-order valence-corrected chi connectivity index (χ3v) is 8.29. The Labute approximate surface area is 216 Å². The van der Waals surface area contributed by atoms with Crippen molar-refractivity contribution >= 4 is 52.0 Å². The number of anilines is 1. The minimum atomic E-state index is -0.854. The van der Waals surface area contributed by atoms with Crippen LogP contribution in [0.25, 0.3) is 21.6 Å². The van der Waals surface area contributed by atoms with Gasteiger partial charge in [0, 0.05) is 11.1 Å². The molecular weight excluding hydrogens is 502 g/mol. The first-order chi connectivity index (χ1) is 16.9. The zero-order valence-electron chi connectivity index (χ0n) is 18.8. The Bertz CT molecular complexity index is 1380. The Morgan fingerprint density at radius 2 is 1.86 bits per heavy atom. The Balaban J connectivity index is 1.53. The number of benzene rings is 2. The lowest BCUT2D eigenvalue weighted by atomic mass is 9.89. The number of nitrogens with one attached hydrogen (secondary N) is 1. The first-order valence-corrected chi connectivity index (χ1v) is 13.2. The number of hydrogen-bond acceptors (Lipinski definition) is 5. The number of carbonyl (C=O) groups excluding carboxylic acids is 1. The molecule has 5 rings (SSSR count). The van der Waals surface area contributed by atoms with Crippen molar-refractivity contribution in [1.29, 1.82) is 0 Å². The summed E-state index contributed by atoms with van der Waals surface area (Å²) in [6, 6.07) is 19.3. The maximum absolute atomic E-state index is 12.7. The largest absolute Gasteiger partial charge is 0.481 e. The molecule has 0 spiro atoms. The second kappa shape index (κ2) is 9.49. The summed E-state index contributed by atoms with van der Waals surface area (Å²) in [5, 5.41) is 16.6. The fraction of sp³-hybridized carbons (Fsp3) is 0.185. The van der Waals surface area contributed by atoms with Crippen molar-refractivity contribution in [3.8, 4) is 21.6 Å². The van der Waals surface area contributed by atoms with Crippen LogP contribution in [0.5, 0.6) is 0 Å². The highest BCUT2D eigenvalue weighted by molar-refractivity contribution is 7.20. The molecule has 1 aliphatic rings. The van der Waals surface area contributed by atoms with Gasteiger partial charge in [-0.25, -0.2) is 4.79 Å². The second-order valence-electron chi connectivity index (χ2n) is 8.54. The molecule has 5 nitrogen and oxygen atoms in total. The first-order valence-electron chi connectivity index (χ1n) is 11.1. The van der Waals surface area contributed by atoms with Gasteiger partial charge in [0.1, 0.15) is 6.10 Å². The van der Waals surface area contributed by atoms with Crippen LogP contribution in [0, 0.1) is 0 Å². The van der Waals surface area contributed by atoms with Crippen LogP contribution in [-0.2, 0) is 14.9 Å². The van der Waals surface area contributed by atoms with Crippen molar-refractivity contribution in [2.75, 3.05) is 5.32 Å². The number of carboxylic acid groups (broad SMARTS) is 1. The maximum atomic E-state index is 12.7. The number of rotatable bonds is 7. The summed E-state index contributed by atoms with van der Waals surface area (Å²) in [7, 11) is 0. The van der Waals surface area contributed by atoms with Crippen LogP contribution in [0.15, 0.2) is 71.4 Å². The third kappa shape index (κ3) is 4.72. The number of halogens is 1. The van der Waals surface area contributed by atoms with Crippen molar-refractivity contribution in [3.05, 3.63) is 86.9 Å². The highest BCUT2D eigenvalue weighted by Gasteiger charge is 2.51. The fourth-order valence-electron chi connectivity index (χ4n) is 4.18. The molecule has 0 bridgehead atoms. The molecule has 2 aromatic carbocycles. The van der Waals surface area contributed by atoms with Gasteiger partial charge >= 0.3 is 12.1 Å². The molecule has 0 saturated heterocycles. The highest BCUT2D eigenvalue weighted by Crippen LogP contribution is 2.51. The monoisotopic (exact) mass is 523 g/mol. The smallest absolute Gasteiger partial charge is 0.412 e. The predicted octanol–water partition coefficient (Wildman–Crippen LogP) is 8.22. The molecular formula is C27H22ClNO4S2. The summed E-state index contributed by atoms with van der Waals surface area (Å²) in [6.45, 7) is 1.82. The molecule has 4 aromatic rings. The zero-order chi connectivity index (χ0) is 24.6. The normalized spacial score (nSPS) is 14.8. The molecule has 35 heavy (non-hydrogen) atoms. The van der Waals surface area contributed by atoms with Crippen LogP contribution in [-0.4, -0.2) is 17.2 Å². The summed E-state index contributed by atoms with van der Waals surface area (Å²) >= 11 is 9.29. The summed E-state index contributed by atoms with van der Waals surface area (Å²) in [5.74, 6) is -0.815. The molecule has 0 radical (unpaired) electrons. The van der Waals surface area contributed by atoms with Gasteiger partial charge in [-0.2, -0.15) is 11.3 Å². The van der Waals surface area contributed by atoms with Gasteiger partial charge in [0.25, 0.3) is 0 Å². The van der Waals surface area contributed by atoms with Crippen LogP contribution in [0.1, 0.15) is 37.0 Å². The van der Waals surface area contributed by atoms with Gasteiger partial charge in [-0.05, 0) is 65.4 Å². The number of thiophene rings is 2. The number of carboxylic acids is 1. The lowest BCUT2D eigenvalue weighted by molar-refractivity contribution is -0.140. The predicted molar refractivity (Wildman–Crippen MR) is 142 cm³/mol. The fourth-order valence-corrected chi connectivity index (χ4v) is 6.13. The summed E-state index contributed by atoms with van der Waals surface area (Å²) in [4.78, 5) is 25.5. The van der Waals surface area contributed by atoms with Gasteiger partial charge in [-0.3, -0.25) is 10.1 Å². The van der Waals surface area contributed by atoms with Gasteiger partial charge < -0.3 is 9.84 Å². The number of hydrogen-bond donors (Lipinski definition) is 2. The van der Waals surface area contributed by atoms with E-state index in [4.69, 9.17) is 16.3 Å². The average molecular weight is 524 g/mol. The Hall–Kier alpha value is -3.13. The Kier molecular flexibility index (Phi) is 6.40. The van der Waals surface area contributed by atoms with Crippen LogP contribution in [0.2, 0.25) is 4.34 Å². The molecule has 1 amide bonds. The van der Waals surface area contributed by atoms with E-state index >= 15 is 0 Å². The van der Waals surface area contributed by atoms with Crippen LogP contribution >= 0.6 is 34.3 Å². The van der Waals surface area contributed by atoms with Crippen LogP contribution in [0.3, 0.4) is 0 Å². The van der Waals surface area contributed by atoms with E-state index in [0.717, 1.165) is 32.7 Å². The van der Waals surface area contributed by atoms with Crippen molar-refractivity contribution in [3.63, 3.8) is 0 Å². The molecule has 0 aliphatic heterocycles. The van der Waals surface area contributed by atoms with Gasteiger partial charge in [0.2, 0.25) is 0 Å². The van der Waals surface area contributed by atoms with Crippen molar-refractivity contribution in [2.45, 2.75) is 31.3 Å². The standard InChI is InChI=1S/C27H22ClNO4S2/c1-16(18-9-12-34-15-18)33-26(32)29-22-14-23(28)35-24(22)21-13-19(27(10-11-27)25(30)31)7-8-20(21)17-5-3-2-4-6-17/h2-9,12-16H,10-11H2,1H3,(H,29,32)(H,30,31). The van der Waals surface area contributed by atoms with E-state index < -0.39 is 23.6 Å². The van der Waals surface area contributed by atoms with E-state index in [0.29, 0.717) is 22.9 Å². The molecule has 1 fully saturated rings. The molecule has 1 aliphatic carbocycles. The quantitative estimate of drug-likeness (QED) is 0.256. The Morgan fingerprint density at radius 3 is 2.51 bits per heavy atom. The minimum Gasteiger partial charge on any atom is -0.481 e. The SMILES string of the molecule is CC(OC(=O)Nc1cc(Cl)sc1-c1cc(C2(C(=O)O)CC2)ccc1-c1ccccc1)c1ccsc1. The lowest BCUT2D eigenvalue weighted by Gasteiger charge is -2.17. The van der Waals surface area contributed by atoms with E-state index in [1.165, 1.54) is 11.3 Å². The van der Waals surface area contributed by atoms with E-state index in [9.17, 15) is 14.7 Å². The third-order valence-electron chi connectivity index (χ3n) is 6.30. The summed E-state index contributed by atoms with van der Waals surface area (Å²) in [5.41, 5.74) is 4.08. The maximum Gasteiger partial charge on any atom is 0.412 e. The Morgan fingerprint density at radius 1 is 1.09 bits per heavy atom. The van der Waals surface area contributed by atoms with Gasteiger partial charge in [0.15, 0.2) is 0 Å². The van der Waals surface area contributed by atoms with Crippen LogP contribution in [0.4, 0.5) is 10.5 Å². The average Bonchev–Trinajstić information content (AvgIpc) is 3.32. The van der Waals surface area contributed by atoms with Crippen LogP contribution < -0.4 is 5.32 Å².